The van der Waals surface area contributed by atoms with Crippen molar-refractivity contribution in [2.45, 2.75) is 31.1 Å². The Bertz CT molecular complexity index is 736. The monoisotopic (exact) mass is 322 g/mol. The molecular formula is C15H18N2O4S. The number of hydrogen-bond donors (Lipinski definition) is 0. The molecule has 2 aliphatic heterocycles. The minimum atomic E-state index is -3.82. The Hall–Kier alpha value is -1.89. The van der Waals surface area contributed by atoms with Crippen LogP contribution >= 0.6 is 0 Å². The van der Waals surface area contributed by atoms with Crippen LogP contribution in [0.25, 0.3) is 0 Å². The molecule has 2 heterocycles. The SMILES string of the molecule is CCN1C(=O)c2ccc(C(=O)N3CCCCC3)cc2S1(=O)=O. The van der Waals surface area contributed by atoms with Gasteiger partial charge >= 0.3 is 0 Å². The highest BCUT2D eigenvalue weighted by Gasteiger charge is 2.40. The molecule has 118 valence electrons. The van der Waals surface area contributed by atoms with E-state index in [2.05, 4.69) is 0 Å². The summed E-state index contributed by atoms with van der Waals surface area (Å²) >= 11 is 0. The average molecular weight is 322 g/mol. The molecule has 0 aromatic heterocycles. The van der Waals surface area contributed by atoms with Gasteiger partial charge in [0.2, 0.25) is 0 Å². The van der Waals surface area contributed by atoms with Gasteiger partial charge in [-0.1, -0.05) is 0 Å². The number of amides is 2. The van der Waals surface area contributed by atoms with Crippen LogP contribution in [0, 0.1) is 0 Å². The zero-order valence-electron chi connectivity index (χ0n) is 12.4. The molecule has 0 unspecified atom stereocenters. The van der Waals surface area contributed by atoms with E-state index in [1.165, 1.54) is 12.1 Å². The van der Waals surface area contributed by atoms with E-state index in [1.54, 1.807) is 17.9 Å². The molecule has 2 amide bonds. The van der Waals surface area contributed by atoms with Gasteiger partial charge in [-0.15, -0.1) is 0 Å². The normalized spacial score (nSPS) is 20.1. The molecule has 1 aromatic carbocycles. The molecule has 0 N–H and O–H groups in total. The minimum Gasteiger partial charge on any atom is -0.339 e. The highest BCUT2D eigenvalue weighted by Crippen LogP contribution is 2.31. The first kappa shape index (κ1) is 15.0. The number of rotatable bonds is 2. The van der Waals surface area contributed by atoms with Gasteiger partial charge < -0.3 is 4.90 Å². The van der Waals surface area contributed by atoms with E-state index in [1.807, 2.05) is 0 Å². The van der Waals surface area contributed by atoms with E-state index in [0.717, 1.165) is 23.6 Å². The van der Waals surface area contributed by atoms with E-state index < -0.39 is 15.9 Å². The van der Waals surface area contributed by atoms with Crippen molar-refractivity contribution in [1.29, 1.82) is 0 Å². The number of nitrogens with zero attached hydrogens (tertiary/aromatic N) is 2. The fraction of sp³-hybridized carbons (Fsp3) is 0.467. The number of hydrogen-bond acceptors (Lipinski definition) is 4. The lowest BCUT2D eigenvalue weighted by molar-refractivity contribution is 0.0723. The van der Waals surface area contributed by atoms with Crippen LogP contribution in [-0.4, -0.2) is 49.1 Å². The molecular weight excluding hydrogens is 304 g/mol. The number of carbonyl (C=O) groups is 2. The van der Waals surface area contributed by atoms with Crippen molar-refractivity contribution >= 4 is 21.8 Å². The van der Waals surface area contributed by atoms with Crippen molar-refractivity contribution in [2.75, 3.05) is 19.6 Å². The van der Waals surface area contributed by atoms with Crippen LogP contribution < -0.4 is 0 Å². The van der Waals surface area contributed by atoms with E-state index in [-0.39, 0.29) is 22.9 Å². The quantitative estimate of drug-likeness (QED) is 0.826. The van der Waals surface area contributed by atoms with Gasteiger partial charge in [0.25, 0.3) is 21.8 Å². The smallest absolute Gasteiger partial charge is 0.268 e. The molecule has 2 aliphatic rings. The van der Waals surface area contributed by atoms with Crippen molar-refractivity contribution < 1.29 is 18.0 Å². The third-order valence-corrected chi connectivity index (χ3v) is 6.08. The Morgan fingerprint density at radius 1 is 1.18 bits per heavy atom. The molecule has 0 saturated carbocycles. The van der Waals surface area contributed by atoms with Crippen molar-refractivity contribution in [3.63, 3.8) is 0 Å². The predicted molar refractivity (Wildman–Crippen MR) is 80.1 cm³/mol. The van der Waals surface area contributed by atoms with Gasteiger partial charge in [-0.3, -0.25) is 9.59 Å². The highest BCUT2D eigenvalue weighted by atomic mass is 32.2. The second-order valence-electron chi connectivity index (χ2n) is 5.54. The molecule has 0 aliphatic carbocycles. The summed E-state index contributed by atoms with van der Waals surface area (Å²) in [5.74, 6) is -0.686. The number of carbonyl (C=O) groups excluding carboxylic acids is 2. The van der Waals surface area contributed by atoms with Gasteiger partial charge in [0.15, 0.2) is 0 Å². The lowest BCUT2D eigenvalue weighted by Gasteiger charge is -2.26. The van der Waals surface area contributed by atoms with E-state index in [4.69, 9.17) is 0 Å². The maximum Gasteiger partial charge on any atom is 0.268 e. The predicted octanol–water partition coefficient (Wildman–Crippen LogP) is 1.48. The van der Waals surface area contributed by atoms with Crippen LogP contribution in [0.2, 0.25) is 0 Å². The Morgan fingerprint density at radius 2 is 1.86 bits per heavy atom. The molecule has 0 radical (unpaired) electrons. The second kappa shape index (κ2) is 5.39. The summed E-state index contributed by atoms with van der Waals surface area (Å²) in [6.45, 7) is 3.09. The summed E-state index contributed by atoms with van der Waals surface area (Å²) in [6.07, 6.45) is 3.05. The fourth-order valence-electron chi connectivity index (χ4n) is 3.00. The molecule has 6 nitrogen and oxygen atoms in total. The Labute approximate surface area is 129 Å². The van der Waals surface area contributed by atoms with Crippen LogP contribution in [-0.2, 0) is 10.0 Å². The van der Waals surface area contributed by atoms with Crippen LogP contribution in [0.1, 0.15) is 46.9 Å². The summed E-state index contributed by atoms with van der Waals surface area (Å²) in [7, 11) is -3.82. The first-order chi connectivity index (χ1) is 10.5. The van der Waals surface area contributed by atoms with Gasteiger partial charge in [-0.2, -0.15) is 0 Å². The molecule has 1 saturated heterocycles. The third-order valence-electron chi connectivity index (χ3n) is 4.18. The van der Waals surface area contributed by atoms with Crippen molar-refractivity contribution in [3.05, 3.63) is 29.3 Å². The van der Waals surface area contributed by atoms with Crippen LogP contribution in [0.15, 0.2) is 23.1 Å². The first-order valence-corrected chi connectivity index (χ1v) is 8.91. The third kappa shape index (κ3) is 2.20. The largest absolute Gasteiger partial charge is 0.339 e. The van der Waals surface area contributed by atoms with Gasteiger partial charge in [0.1, 0.15) is 4.90 Å². The summed E-state index contributed by atoms with van der Waals surface area (Å²) in [5.41, 5.74) is 0.479. The maximum absolute atomic E-state index is 12.5. The molecule has 3 rings (SSSR count). The van der Waals surface area contributed by atoms with E-state index in [0.29, 0.717) is 18.7 Å². The lowest BCUT2D eigenvalue weighted by atomic mass is 10.1. The van der Waals surface area contributed by atoms with Crippen molar-refractivity contribution in [3.8, 4) is 0 Å². The van der Waals surface area contributed by atoms with Crippen molar-refractivity contribution in [1.82, 2.24) is 9.21 Å². The zero-order valence-corrected chi connectivity index (χ0v) is 13.2. The lowest BCUT2D eigenvalue weighted by Crippen LogP contribution is -2.35. The number of fused-ring (bicyclic) bond motifs is 1. The number of benzene rings is 1. The Kier molecular flexibility index (Phi) is 3.68. The number of piperidine rings is 1. The molecule has 0 atom stereocenters. The second-order valence-corrected chi connectivity index (χ2v) is 7.37. The highest BCUT2D eigenvalue weighted by molar-refractivity contribution is 7.90. The summed E-state index contributed by atoms with van der Waals surface area (Å²) in [4.78, 5) is 26.2. The van der Waals surface area contributed by atoms with Crippen LogP contribution in [0.4, 0.5) is 0 Å². The number of likely N-dealkylation sites (tertiary alicyclic amines) is 1. The van der Waals surface area contributed by atoms with Gasteiger partial charge in [-0.25, -0.2) is 12.7 Å². The Morgan fingerprint density at radius 3 is 2.50 bits per heavy atom. The summed E-state index contributed by atoms with van der Waals surface area (Å²) in [6, 6.07) is 4.33. The van der Waals surface area contributed by atoms with Gasteiger partial charge in [-0.05, 0) is 44.4 Å². The van der Waals surface area contributed by atoms with Crippen LogP contribution in [0.5, 0.6) is 0 Å². The van der Waals surface area contributed by atoms with Crippen LogP contribution in [0.3, 0.4) is 0 Å². The fourth-order valence-corrected chi connectivity index (χ4v) is 4.60. The topological polar surface area (TPSA) is 74.8 Å². The van der Waals surface area contributed by atoms with E-state index in [9.17, 15) is 18.0 Å². The summed E-state index contributed by atoms with van der Waals surface area (Å²) in [5, 5.41) is 0. The molecule has 1 fully saturated rings. The zero-order chi connectivity index (χ0) is 15.9. The molecule has 0 bridgehead atoms. The summed E-state index contributed by atoms with van der Waals surface area (Å²) < 4.78 is 25.6. The Balaban J connectivity index is 1.99. The minimum absolute atomic E-state index is 0.0535. The van der Waals surface area contributed by atoms with E-state index >= 15 is 0 Å². The molecule has 7 heteroatoms. The molecule has 0 spiro atoms. The molecule has 1 aromatic rings. The first-order valence-electron chi connectivity index (χ1n) is 7.47. The standard InChI is InChI=1S/C15H18N2O4S/c1-2-17-15(19)12-7-6-11(10-13(12)22(17,20)21)14(18)16-8-4-3-5-9-16/h6-7,10H,2-5,8-9H2,1H3. The van der Waals surface area contributed by atoms with Crippen molar-refractivity contribution in [2.24, 2.45) is 0 Å². The maximum atomic E-state index is 12.5. The number of sulfonamides is 1. The average Bonchev–Trinajstić information content (AvgIpc) is 2.73. The molecule has 22 heavy (non-hydrogen) atoms. The van der Waals surface area contributed by atoms with Gasteiger partial charge in [0, 0.05) is 25.2 Å². The van der Waals surface area contributed by atoms with Gasteiger partial charge in [0.05, 0.1) is 5.56 Å².